The molecule has 0 spiro atoms. The normalized spacial score (nSPS) is 15.3. The van der Waals surface area contributed by atoms with Crippen LogP contribution in [0.15, 0.2) is 49.2 Å². The van der Waals surface area contributed by atoms with Crippen LogP contribution in [0.1, 0.15) is 18.7 Å². The van der Waals surface area contributed by atoms with Gasteiger partial charge in [0, 0.05) is 43.0 Å². The molecule has 1 aliphatic rings. The van der Waals surface area contributed by atoms with Crippen molar-refractivity contribution in [2.24, 2.45) is 0 Å². The van der Waals surface area contributed by atoms with Gasteiger partial charge in [0.15, 0.2) is 5.82 Å². The molecule has 1 amide bonds. The number of rotatable bonds is 2. The highest BCUT2D eigenvalue weighted by atomic mass is 16.2. The first-order chi connectivity index (χ1) is 9.34. The van der Waals surface area contributed by atoms with Crippen LogP contribution in [0.4, 0.5) is 5.69 Å². The van der Waals surface area contributed by atoms with Crippen LogP contribution < -0.4 is 4.90 Å². The third kappa shape index (κ3) is 2.35. The third-order valence-corrected chi connectivity index (χ3v) is 2.96. The summed E-state index contributed by atoms with van der Waals surface area (Å²) < 4.78 is 0. The molecule has 2 aromatic rings. The van der Waals surface area contributed by atoms with Gasteiger partial charge in [-0.05, 0) is 24.6 Å². The topological polar surface area (TPSA) is 59.0 Å². The van der Waals surface area contributed by atoms with Crippen LogP contribution in [0.2, 0.25) is 0 Å². The van der Waals surface area contributed by atoms with Crippen LogP contribution in [0, 0.1) is 0 Å². The molecule has 0 aromatic carbocycles. The van der Waals surface area contributed by atoms with Crippen molar-refractivity contribution >= 4 is 17.2 Å². The Hall–Kier alpha value is -2.56. The molecule has 0 saturated heterocycles. The Morgan fingerprint density at radius 1 is 1.00 bits per heavy atom. The van der Waals surface area contributed by atoms with E-state index in [1.54, 1.807) is 35.8 Å². The molecule has 19 heavy (non-hydrogen) atoms. The molecular weight excluding hydrogens is 240 g/mol. The second-order valence-electron chi connectivity index (χ2n) is 4.20. The SMILES string of the molecule is O=C1CCC(c2ncccn2)=CN1c1ccncc1. The Bertz CT molecular complexity index is 610. The van der Waals surface area contributed by atoms with Crippen molar-refractivity contribution in [3.05, 3.63) is 55.0 Å². The molecule has 0 aliphatic carbocycles. The van der Waals surface area contributed by atoms with E-state index in [2.05, 4.69) is 15.0 Å². The summed E-state index contributed by atoms with van der Waals surface area (Å²) in [5, 5.41) is 0. The lowest BCUT2D eigenvalue weighted by atomic mass is 10.1. The van der Waals surface area contributed by atoms with Crippen LogP contribution in [-0.2, 0) is 4.79 Å². The molecule has 0 bridgehead atoms. The number of hydrogen-bond donors (Lipinski definition) is 0. The van der Waals surface area contributed by atoms with E-state index >= 15 is 0 Å². The first-order valence-corrected chi connectivity index (χ1v) is 6.05. The van der Waals surface area contributed by atoms with E-state index in [0.717, 1.165) is 11.3 Å². The average molecular weight is 252 g/mol. The zero-order valence-corrected chi connectivity index (χ0v) is 10.2. The number of aromatic nitrogens is 3. The molecule has 3 heterocycles. The summed E-state index contributed by atoms with van der Waals surface area (Å²) in [4.78, 5) is 26.0. The molecule has 94 valence electrons. The van der Waals surface area contributed by atoms with Gasteiger partial charge in [-0.3, -0.25) is 14.7 Å². The minimum absolute atomic E-state index is 0.0749. The predicted octanol–water partition coefficient (Wildman–Crippen LogP) is 2.04. The predicted molar refractivity (Wildman–Crippen MR) is 71.0 cm³/mol. The van der Waals surface area contributed by atoms with Gasteiger partial charge in [-0.2, -0.15) is 0 Å². The maximum atomic E-state index is 12.0. The summed E-state index contributed by atoms with van der Waals surface area (Å²) in [5.41, 5.74) is 1.78. The number of anilines is 1. The second-order valence-corrected chi connectivity index (χ2v) is 4.20. The quantitative estimate of drug-likeness (QED) is 0.820. The van der Waals surface area contributed by atoms with Crippen molar-refractivity contribution in [2.75, 3.05) is 4.90 Å². The average Bonchev–Trinajstić information content (AvgIpc) is 2.49. The van der Waals surface area contributed by atoms with E-state index in [9.17, 15) is 4.79 Å². The maximum absolute atomic E-state index is 12.0. The fourth-order valence-corrected chi connectivity index (χ4v) is 2.01. The van der Waals surface area contributed by atoms with Gasteiger partial charge in [0.25, 0.3) is 0 Å². The zero-order valence-electron chi connectivity index (χ0n) is 10.2. The van der Waals surface area contributed by atoms with Gasteiger partial charge in [-0.15, -0.1) is 0 Å². The van der Waals surface area contributed by atoms with E-state index in [-0.39, 0.29) is 5.91 Å². The summed E-state index contributed by atoms with van der Waals surface area (Å²) >= 11 is 0. The monoisotopic (exact) mass is 252 g/mol. The van der Waals surface area contributed by atoms with Gasteiger partial charge in [0.05, 0.1) is 5.69 Å². The Balaban J connectivity index is 1.98. The maximum Gasteiger partial charge on any atom is 0.231 e. The van der Waals surface area contributed by atoms with E-state index in [0.29, 0.717) is 18.7 Å². The first-order valence-electron chi connectivity index (χ1n) is 6.05. The summed E-state index contributed by atoms with van der Waals surface area (Å²) in [6.45, 7) is 0. The molecule has 0 atom stereocenters. The number of amides is 1. The fourth-order valence-electron chi connectivity index (χ4n) is 2.01. The molecule has 3 rings (SSSR count). The van der Waals surface area contributed by atoms with Crippen molar-refractivity contribution in [1.82, 2.24) is 15.0 Å². The third-order valence-electron chi connectivity index (χ3n) is 2.96. The van der Waals surface area contributed by atoms with Crippen LogP contribution in [0.25, 0.3) is 5.57 Å². The molecule has 0 N–H and O–H groups in total. The standard InChI is InChI=1S/C14H12N4O/c19-13-3-2-11(14-16-6-1-7-17-14)10-18(13)12-4-8-15-9-5-12/h1,4-10H,2-3H2. The number of pyridine rings is 1. The molecule has 0 radical (unpaired) electrons. The van der Waals surface area contributed by atoms with Gasteiger partial charge >= 0.3 is 0 Å². The number of hydrogen-bond acceptors (Lipinski definition) is 4. The number of nitrogens with zero attached hydrogens (tertiary/aromatic N) is 4. The van der Waals surface area contributed by atoms with Crippen LogP contribution in [-0.4, -0.2) is 20.9 Å². The summed E-state index contributed by atoms with van der Waals surface area (Å²) in [6.07, 6.45) is 9.70. The lowest BCUT2D eigenvalue weighted by Crippen LogP contribution is -2.28. The molecule has 5 nitrogen and oxygen atoms in total. The van der Waals surface area contributed by atoms with Crippen LogP contribution in [0.5, 0.6) is 0 Å². The van der Waals surface area contributed by atoms with Gasteiger partial charge < -0.3 is 0 Å². The van der Waals surface area contributed by atoms with Crippen molar-refractivity contribution in [3.8, 4) is 0 Å². The highest BCUT2D eigenvalue weighted by molar-refractivity contribution is 5.99. The minimum atomic E-state index is 0.0749. The molecule has 0 saturated carbocycles. The van der Waals surface area contributed by atoms with Crippen molar-refractivity contribution in [1.29, 1.82) is 0 Å². The minimum Gasteiger partial charge on any atom is -0.287 e. The van der Waals surface area contributed by atoms with Gasteiger partial charge in [-0.1, -0.05) is 0 Å². The van der Waals surface area contributed by atoms with Gasteiger partial charge in [-0.25, -0.2) is 9.97 Å². The van der Waals surface area contributed by atoms with E-state index < -0.39 is 0 Å². The Morgan fingerprint density at radius 3 is 2.47 bits per heavy atom. The zero-order chi connectivity index (χ0) is 13.1. The van der Waals surface area contributed by atoms with Crippen molar-refractivity contribution < 1.29 is 4.79 Å². The van der Waals surface area contributed by atoms with E-state index in [1.807, 2.05) is 18.3 Å². The summed E-state index contributed by atoms with van der Waals surface area (Å²) in [7, 11) is 0. The Kier molecular flexibility index (Phi) is 3.02. The van der Waals surface area contributed by atoms with Crippen molar-refractivity contribution in [3.63, 3.8) is 0 Å². The molecule has 0 unspecified atom stereocenters. The molecular formula is C14H12N4O. The summed E-state index contributed by atoms with van der Waals surface area (Å²) in [6, 6.07) is 5.39. The highest BCUT2D eigenvalue weighted by Gasteiger charge is 2.21. The molecule has 2 aromatic heterocycles. The number of carbonyl (C=O) groups excluding carboxylic acids is 1. The lowest BCUT2D eigenvalue weighted by Gasteiger charge is -2.24. The smallest absolute Gasteiger partial charge is 0.231 e. The van der Waals surface area contributed by atoms with E-state index in [4.69, 9.17) is 0 Å². The van der Waals surface area contributed by atoms with Crippen molar-refractivity contribution in [2.45, 2.75) is 12.8 Å². The first kappa shape index (κ1) is 11.5. The van der Waals surface area contributed by atoms with Crippen LogP contribution >= 0.6 is 0 Å². The van der Waals surface area contributed by atoms with Gasteiger partial charge in [0.1, 0.15) is 0 Å². The fraction of sp³-hybridized carbons (Fsp3) is 0.143. The van der Waals surface area contributed by atoms with Gasteiger partial charge in [0.2, 0.25) is 5.91 Å². The largest absolute Gasteiger partial charge is 0.287 e. The van der Waals surface area contributed by atoms with Crippen LogP contribution in [0.3, 0.4) is 0 Å². The molecule has 5 heteroatoms. The Morgan fingerprint density at radius 2 is 1.74 bits per heavy atom. The lowest BCUT2D eigenvalue weighted by molar-refractivity contribution is -0.118. The van der Waals surface area contributed by atoms with E-state index in [1.165, 1.54) is 0 Å². The number of carbonyl (C=O) groups is 1. The number of allylic oxidation sites excluding steroid dienone is 1. The highest BCUT2D eigenvalue weighted by Crippen LogP contribution is 2.26. The Labute approximate surface area is 110 Å². The second kappa shape index (κ2) is 4.97. The summed E-state index contributed by atoms with van der Waals surface area (Å²) in [5.74, 6) is 0.750. The molecule has 1 aliphatic heterocycles. The molecule has 0 fully saturated rings.